The van der Waals surface area contributed by atoms with Crippen molar-refractivity contribution in [3.63, 3.8) is 0 Å². The van der Waals surface area contributed by atoms with Gasteiger partial charge < -0.3 is 16.0 Å². The second kappa shape index (κ2) is 8.02. The molecule has 1 atom stereocenters. The van der Waals surface area contributed by atoms with Gasteiger partial charge in [-0.05, 0) is 61.7 Å². The fraction of sp³-hybridized carbons (Fsp3) is 0.300. The maximum Gasteiger partial charge on any atom is 0.319 e. The van der Waals surface area contributed by atoms with Crippen molar-refractivity contribution in [3.8, 4) is 0 Å². The van der Waals surface area contributed by atoms with Crippen molar-refractivity contribution in [2.45, 2.75) is 36.7 Å². The Hall–Kier alpha value is -2.87. The number of rotatable bonds is 6. The lowest BCUT2D eigenvalue weighted by Crippen LogP contribution is -2.30. The lowest BCUT2D eigenvalue weighted by atomic mass is 10.1. The first-order chi connectivity index (χ1) is 13.2. The molecular weight excluding hydrogens is 378 g/mol. The van der Waals surface area contributed by atoms with E-state index in [4.69, 9.17) is 0 Å². The lowest BCUT2D eigenvalue weighted by molar-refractivity contribution is 0.0940. The molecule has 0 bridgehead atoms. The SMILES string of the molecule is CC(NC(=O)c1ccc(NC(=O)NC2CC2)cc1)c1ccc(S(C)(=O)=O)cc1. The molecule has 2 aromatic rings. The third-order valence-corrected chi connectivity index (χ3v) is 5.60. The minimum atomic E-state index is -3.25. The number of carbonyl (C=O) groups excluding carboxylic acids is 2. The van der Waals surface area contributed by atoms with E-state index in [1.807, 2.05) is 6.92 Å². The standard InChI is InChI=1S/C20H23N3O4S/c1-13(14-5-11-18(12-6-14)28(2,26)27)21-19(24)15-3-7-16(8-4-15)22-20(25)23-17-9-10-17/h3-8,11-13,17H,9-10H2,1-2H3,(H,21,24)(H2,22,23,25). The molecule has 0 spiro atoms. The van der Waals surface area contributed by atoms with Gasteiger partial charge in [0, 0.05) is 23.5 Å². The van der Waals surface area contributed by atoms with Gasteiger partial charge in [0.1, 0.15) is 0 Å². The summed E-state index contributed by atoms with van der Waals surface area (Å²) >= 11 is 0. The van der Waals surface area contributed by atoms with Crippen molar-refractivity contribution in [2.24, 2.45) is 0 Å². The normalized spacial score (nSPS) is 14.8. The summed E-state index contributed by atoms with van der Waals surface area (Å²) < 4.78 is 23.1. The van der Waals surface area contributed by atoms with Crippen LogP contribution in [-0.2, 0) is 9.84 Å². The number of benzene rings is 2. The number of hydrogen-bond acceptors (Lipinski definition) is 4. The quantitative estimate of drug-likeness (QED) is 0.692. The molecule has 0 heterocycles. The van der Waals surface area contributed by atoms with E-state index < -0.39 is 9.84 Å². The van der Waals surface area contributed by atoms with Gasteiger partial charge in [-0.1, -0.05) is 12.1 Å². The summed E-state index contributed by atoms with van der Waals surface area (Å²) in [5.74, 6) is -0.256. The molecular formula is C20H23N3O4S. The van der Waals surface area contributed by atoms with Gasteiger partial charge in [0.15, 0.2) is 9.84 Å². The van der Waals surface area contributed by atoms with Crippen LogP contribution in [0.3, 0.4) is 0 Å². The van der Waals surface area contributed by atoms with Crippen LogP contribution in [-0.4, -0.2) is 32.7 Å². The summed E-state index contributed by atoms with van der Waals surface area (Å²) in [4.78, 5) is 24.4. The Balaban J connectivity index is 1.58. The Morgan fingerprint density at radius 2 is 1.61 bits per heavy atom. The van der Waals surface area contributed by atoms with Gasteiger partial charge >= 0.3 is 6.03 Å². The molecule has 0 saturated heterocycles. The summed E-state index contributed by atoms with van der Waals surface area (Å²) in [6.45, 7) is 1.82. The molecule has 3 amide bonds. The molecule has 0 aliphatic heterocycles. The van der Waals surface area contributed by atoms with E-state index in [0.29, 0.717) is 11.3 Å². The summed E-state index contributed by atoms with van der Waals surface area (Å²) in [6, 6.07) is 12.8. The van der Waals surface area contributed by atoms with Gasteiger partial charge in [-0.2, -0.15) is 0 Å². The Morgan fingerprint density at radius 3 is 2.14 bits per heavy atom. The monoisotopic (exact) mass is 401 g/mol. The molecule has 0 aromatic heterocycles. The maximum atomic E-state index is 12.4. The van der Waals surface area contributed by atoms with E-state index in [9.17, 15) is 18.0 Å². The van der Waals surface area contributed by atoms with E-state index in [2.05, 4.69) is 16.0 Å². The van der Waals surface area contributed by atoms with Gasteiger partial charge in [-0.25, -0.2) is 13.2 Å². The number of amides is 3. The number of nitrogens with one attached hydrogen (secondary N) is 3. The number of urea groups is 1. The molecule has 1 aliphatic rings. The van der Waals surface area contributed by atoms with Gasteiger partial charge in [0.2, 0.25) is 0 Å². The van der Waals surface area contributed by atoms with Crippen LogP contribution < -0.4 is 16.0 Å². The molecule has 8 heteroatoms. The van der Waals surface area contributed by atoms with Crippen molar-refractivity contribution in [3.05, 3.63) is 59.7 Å². The van der Waals surface area contributed by atoms with Crippen LogP contribution in [0.15, 0.2) is 53.4 Å². The fourth-order valence-corrected chi connectivity index (χ4v) is 3.28. The first-order valence-electron chi connectivity index (χ1n) is 9.01. The highest BCUT2D eigenvalue weighted by Gasteiger charge is 2.23. The molecule has 3 N–H and O–H groups in total. The summed E-state index contributed by atoms with van der Waals surface area (Å²) in [5, 5.41) is 8.44. The zero-order valence-electron chi connectivity index (χ0n) is 15.7. The topological polar surface area (TPSA) is 104 Å². The molecule has 3 rings (SSSR count). The third kappa shape index (κ3) is 5.32. The van der Waals surface area contributed by atoms with Crippen molar-refractivity contribution in [1.29, 1.82) is 0 Å². The molecule has 1 unspecified atom stereocenters. The van der Waals surface area contributed by atoms with Crippen molar-refractivity contribution in [2.75, 3.05) is 11.6 Å². The molecule has 1 saturated carbocycles. The highest BCUT2D eigenvalue weighted by Crippen LogP contribution is 2.19. The highest BCUT2D eigenvalue weighted by atomic mass is 32.2. The molecule has 2 aromatic carbocycles. The van der Waals surface area contributed by atoms with E-state index >= 15 is 0 Å². The largest absolute Gasteiger partial charge is 0.346 e. The molecule has 1 fully saturated rings. The Morgan fingerprint density at radius 1 is 1.00 bits per heavy atom. The van der Waals surface area contributed by atoms with Gasteiger partial charge in [0.25, 0.3) is 5.91 Å². The van der Waals surface area contributed by atoms with E-state index in [0.717, 1.165) is 24.7 Å². The van der Waals surface area contributed by atoms with Crippen LogP contribution in [0.2, 0.25) is 0 Å². The van der Waals surface area contributed by atoms with Crippen LogP contribution in [0.25, 0.3) is 0 Å². The van der Waals surface area contributed by atoms with Gasteiger partial charge in [-0.3, -0.25) is 4.79 Å². The molecule has 0 radical (unpaired) electrons. The van der Waals surface area contributed by atoms with Crippen LogP contribution in [0, 0.1) is 0 Å². The molecule has 1 aliphatic carbocycles. The molecule has 28 heavy (non-hydrogen) atoms. The second-order valence-electron chi connectivity index (χ2n) is 6.99. The van der Waals surface area contributed by atoms with Gasteiger partial charge in [-0.15, -0.1) is 0 Å². The Kier molecular flexibility index (Phi) is 5.69. The predicted octanol–water partition coefficient (Wildman–Crippen LogP) is 2.87. The first-order valence-corrected chi connectivity index (χ1v) is 10.9. The zero-order valence-corrected chi connectivity index (χ0v) is 16.5. The average molecular weight is 401 g/mol. The lowest BCUT2D eigenvalue weighted by Gasteiger charge is -2.15. The Bertz CT molecular complexity index is 966. The second-order valence-corrected chi connectivity index (χ2v) is 9.00. The molecule has 7 nitrogen and oxygen atoms in total. The molecule has 148 valence electrons. The number of sulfone groups is 1. The van der Waals surface area contributed by atoms with E-state index in [-0.39, 0.29) is 28.9 Å². The zero-order chi connectivity index (χ0) is 20.3. The van der Waals surface area contributed by atoms with Gasteiger partial charge in [0.05, 0.1) is 10.9 Å². The summed E-state index contributed by atoms with van der Waals surface area (Å²) in [6.07, 6.45) is 3.19. The minimum absolute atomic E-state index is 0.239. The van der Waals surface area contributed by atoms with Crippen LogP contribution >= 0.6 is 0 Å². The number of carbonyl (C=O) groups is 2. The summed E-state index contributed by atoms with van der Waals surface area (Å²) in [7, 11) is -3.25. The first kappa shape index (κ1) is 19.9. The predicted molar refractivity (Wildman–Crippen MR) is 107 cm³/mol. The van der Waals surface area contributed by atoms with Crippen molar-refractivity contribution in [1.82, 2.24) is 10.6 Å². The summed E-state index contributed by atoms with van der Waals surface area (Å²) in [5.41, 5.74) is 1.88. The van der Waals surface area contributed by atoms with Crippen LogP contribution in [0.5, 0.6) is 0 Å². The maximum absolute atomic E-state index is 12.4. The van der Waals surface area contributed by atoms with E-state index in [1.54, 1.807) is 36.4 Å². The Labute approximate surface area is 164 Å². The third-order valence-electron chi connectivity index (χ3n) is 4.47. The number of anilines is 1. The highest BCUT2D eigenvalue weighted by molar-refractivity contribution is 7.90. The van der Waals surface area contributed by atoms with Crippen molar-refractivity contribution >= 4 is 27.5 Å². The van der Waals surface area contributed by atoms with Crippen LogP contribution in [0.4, 0.5) is 10.5 Å². The van der Waals surface area contributed by atoms with E-state index in [1.165, 1.54) is 12.1 Å². The fourth-order valence-electron chi connectivity index (χ4n) is 2.65. The minimum Gasteiger partial charge on any atom is -0.346 e. The average Bonchev–Trinajstić information content (AvgIpc) is 3.45. The van der Waals surface area contributed by atoms with Crippen LogP contribution in [0.1, 0.15) is 41.7 Å². The smallest absolute Gasteiger partial charge is 0.319 e. The van der Waals surface area contributed by atoms with Crippen molar-refractivity contribution < 1.29 is 18.0 Å². The number of hydrogen-bond donors (Lipinski definition) is 3.